The number of hydrogen-bond donors (Lipinski definition) is 2. The molecule has 6 rings (SSSR count). The van der Waals surface area contributed by atoms with Crippen LogP contribution in [0.15, 0.2) is 35.6 Å². The molecule has 0 spiro atoms. The van der Waals surface area contributed by atoms with E-state index in [0.717, 1.165) is 80.2 Å². The van der Waals surface area contributed by atoms with Crippen molar-refractivity contribution in [3.05, 3.63) is 53.5 Å². The van der Waals surface area contributed by atoms with Gasteiger partial charge in [0.25, 0.3) is 5.91 Å². The molecule has 1 saturated heterocycles. The Bertz CT molecular complexity index is 1290. The predicted octanol–water partition coefficient (Wildman–Crippen LogP) is 2.99. The fourth-order valence-corrected chi connectivity index (χ4v) is 6.11. The van der Waals surface area contributed by atoms with Crippen LogP contribution in [-0.4, -0.2) is 62.0 Å². The van der Waals surface area contributed by atoms with E-state index in [1.807, 2.05) is 43.9 Å². The summed E-state index contributed by atoms with van der Waals surface area (Å²) in [5.41, 5.74) is 1.99. The summed E-state index contributed by atoms with van der Waals surface area (Å²) >= 11 is 1.83. The number of anilines is 2. The number of nitrogens with one attached hydrogen (secondary N) is 2. The molecule has 0 aromatic carbocycles. The lowest BCUT2D eigenvalue weighted by Gasteiger charge is -2.29. The second-order valence-corrected chi connectivity index (χ2v) is 11.4. The van der Waals surface area contributed by atoms with Crippen molar-refractivity contribution in [3.63, 3.8) is 0 Å². The van der Waals surface area contributed by atoms with E-state index in [9.17, 15) is 4.79 Å². The largest absolute Gasteiger partial charge is 0.381 e. The second kappa shape index (κ2) is 9.94. The molecule has 194 valence electrons. The molecule has 3 aliphatic heterocycles. The number of imidazole rings is 1. The standard InChI is InChI=1S/C26H32N8O2S/c1-26(2,17-3-8-27-9-4-17)32-24(35)20-15-33-10-11-34(16-21(33)29-20)25-30-19-7-14-37-22(19)23(31-25)28-18-5-12-36-13-6-18/h3-4,8-9,15,18H,5-7,10-14,16H2,1-2H3,(H,32,35)(H,28,30,31). The zero-order valence-corrected chi connectivity index (χ0v) is 22.1. The molecule has 3 aromatic rings. The molecule has 10 nitrogen and oxygen atoms in total. The number of nitrogens with zero attached hydrogens (tertiary/aromatic N) is 6. The summed E-state index contributed by atoms with van der Waals surface area (Å²) in [4.78, 5) is 35.1. The van der Waals surface area contributed by atoms with Gasteiger partial charge in [-0.05, 0) is 44.4 Å². The van der Waals surface area contributed by atoms with Crippen molar-refractivity contribution in [1.82, 2.24) is 29.8 Å². The van der Waals surface area contributed by atoms with Crippen molar-refractivity contribution in [2.75, 3.05) is 35.7 Å². The van der Waals surface area contributed by atoms with Crippen LogP contribution in [0.3, 0.4) is 0 Å². The van der Waals surface area contributed by atoms with Crippen LogP contribution in [0.5, 0.6) is 0 Å². The van der Waals surface area contributed by atoms with Gasteiger partial charge in [-0.2, -0.15) is 4.98 Å². The predicted molar refractivity (Wildman–Crippen MR) is 142 cm³/mol. The highest BCUT2D eigenvalue weighted by atomic mass is 32.2. The lowest BCUT2D eigenvalue weighted by atomic mass is 9.95. The van der Waals surface area contributed by atoms with Crippen molar-refractivity contribution in [3.8, 4) is 0 Å². The van der Waals surface area contributed by atoms with Crippen LogP contribution in [0.1, 0.15) is 54.3 Å². The fraction of sp³-hybridized carbons (Fsp3) is 0.500. The van der Waals surface area contributed by atoms with Crippen LogP contribution in [0.2, 0.25) is 0 Å². The number of pyridine rings is 1. The maximum absolute atomic E-state index is 13.1. The van der Waals surface area contributed by atoms with Crippen molar-refractivity contribution in [1.29, 1.82) is 0 Å². The molecule has 1 amide bonds. The Labute approximate surface area is 220 Å². The molecule has 0 atom stereocenters. The van der Waals surface area contributed by atoms with Gasteiger partial charge in [-0.1, -0.05) is 0 Å². The van der Waals surface area contributed by atoms with Crippen LogP contribution in [0, 0.1) is 0 Å². The maximum Gasteiger partial charge on any atom is 0.272 e. The van der Waals surface area contributed by atoms with Gasteiger partial charge in [0, 0.05) is 63.1 Å². The summed E-state index contributed by atoms with van der Waals surface area (Å²) in [6.07, 6.45) is 8.25. The number of ether oxygens (including phenoxy) is 1. The van der Waals surface area contributed by atoms with E-state index in [-0.39, 0.29) is 5.91 Å². The molecule has 0 bridgehead atoms. The first-order valence-corrected chi connectivity index (χ1v) is 13.9. The van der Waals surface area contributed by atoms with Crippen molar-refractivity contribution in [2.24, 2.45) is 0 Å². The first-order valence-electron chi connectivity index (χ1n) is 12.9. The number of carbonyl (C=O) groups is 1. The number of aryl methyl sites for hydroxylation is 1. The van der Waals surface area contributed by atoms with E-state index < -0.39 is 5.54 Å². The molecular formula is C26H32N8O2S. The molecule has 0 radical (unpaired) electrons. The lowest BCUT2D eigenvalue weighted by Crippen LogP contribution is -2.41. The minimum absolute atomic E-state index is 0.191. The number of hydrogen-bond acceptors (Lipinski definition) is 9. The summed E-state index contributed by atoms with van der Waals surface area (Å²) in [6, 6.07) is 4.20. The molecule has 3 aromatic heterocycles. The van der Waals surface area contributed by atoms with Gasteiger partial charge in [0.1, 0.15) is 17.3 Å². The molecular weight excluding hydrogens is 488 g/mol. The van der Waals surface area contributed by atoms with E-state index in [2.05, 4.69) is 25.1 Å². The van der Waals surface area contributed by atoms with Crippen molar-refractivity contribution >= 4 is 29.4 Å². The molecule has 6 heterocycles. The van der Waals surface area contributed by atoms with Crippen LogP contribution in [0.4, 0.5) is 11.8 Å². The first kappa shape index (κ1) is 24.2. The summed E-state index contributed by atoms with van der Waals surface area (Å²) in [6.45, 7) is 7.58. The Balaban J connectivity index is 1.19. The zero-order valence-electron chi connectivity index (χ0n) is 21.2. The van der Waals surface area contributed by atoms with Crippen LogP contribution >= 0.6 is 11.8 Å². The minimum Gasteiger partial charge on any atom is -0.381 e. The monoisotopic (exact) mass is 520 g/mol. The Morgan fingerprint density at radius 3 is 2.76 bits per heavy atom. The van der Waals surface area contributed by atoms with Crippen LogP contribution < -0.4 is 15.5 Å². The van der Waals surface area contributed by atoms with Gasteiger partial charge >= 0.3 is 0 Å². The fourth-order valence-electron chi connectivity index (χ4n) is 5.05. The van der Waals surface area contributed by atoms with Gasteiger partial charge in [-0.15, -0.1) is 11.8 Å². The van der Waals surface area contributed by atoms with E-state index >= 15 is 0 Å². The third-order valence-electron chi connectivity index (χ3n) is 7.22. The Kier molecular flexibility index (Phi) is 6.49. The molecule has 3 aliphatic rings. The third kappa shape index (κ3) is 5.02. The summed E-state index contributed by atoms with van der Waals surface area (Å²) < 4.78 is 7.59. The number of amides is 1. The third-order valence-corrected chi connectivity index (χ3v) is 8.34. The quantitative estimate of drug-likeness (QED) is 0.507. The van der Waals surface area contributed by atoms with E-state index in [1.165, 1.54) is 4.90 Å². The average Bonchev–Trinajstić information content (AvgIpc) is 3.56. The normalized spacial score (nSPS) is 17.8. The zero-order chi connectivity index (χ0) is 25.4. The van der Waals surface area contributed by atoms with Gasteiger partial charge in [0.2, 0.25) is 5.95 Å². The van der Waals surface area contributed by atoms with Crippen molar-refractivity contribution in [2.45, 2.75) is 62.7 Å². The topological polar surface area (TPSA) is 110 Å². The minimum atomic E-state index is -0.541. The number of aromatic nitrogens is 5. The van der Waals surface area contributed by atoms with Crippen LogP contribution in [0.25, 0.3) is 0 Å². The van der Waals surface area contributed by atoms with E-state index in [0.29, 0.717) is 18.3 Å². The lowest BCUT2D eigenvalue weighted by molar-refractivity contribution is 0.0901. The van der Waals surface area contributed by atoms with Gasteiger partial charge in [0.05, 0.1) is 22.7 Å². The number of carbonyl (C=O) groups excluding carboxylic acids is 1. The summed E-state index contributed by atoms with van der Waals surface area (Å²) in [7, 11) is 0. The Morgan fingerprint density at radius 1 is 1.14 bits per heavy atom. The van der Waals surface area contributed by atoms with Gasteiger partial charge < -0.3 is 24.8 Å². The van der Waals surface area contributed by atoms with E-state index in [1.54, 1.807) is 12.4 Å². The Morgan fingerprint density at radius 2 is 1.95 bits per heavy atom. The molecule has 1 fully saturated rings. The van der Waals surface area contributed by atoms with E-state index in [4.69, 9.17) is 19.7 Å². The summed E-state index contributed by atoms with van der Waals surface area (Å²) in [5, 5.41) is 6.79. The Hall–Kier alpha value is -3.18. The molecule has 11 heteroatoms. The SMILES string of the molecule is CC(C)(NC(=O)c1cn2c(n1)CN(c1nc3c(c(NC4CCOCC4)n1)SCC3)CC2)c1ccncc1. The molecule has 0 saturated carbocycles. The highest BCUT2D eigenvalue weighted by Crippen LogP contribution is 2.37. The second-order valence-electron chi connectivity index (χ2n) is 10.2. The number of fused-ring (bicyclic) bond motifs is 2. The van der Waals surface area contributed by atoms with Gasteiger partial charge in [-0.25, -0.2) is 9.97 Å². The molecule has 0 aliphatic carbocycles. The average molecular weight is 521 g/mol. The maximum atomic E-state index is 13.1. The number of rotatable bonds is 6. The first-order chi connectivity index (χ1) is 18.0. The van der Waals surface area contributed by atoms with Gasteiger partial charge in [-0.3, -0.25) is 9.78 Å². The molecule has 37 heavy (non-hydrogen) atoms. The van der Waals surface area contributed by atoms with Crippen LogP contribution in [-0.2, 0) is 29.8 Å². The van der Waals surface area contributed by atoms with Crippen molar-refractivity contribution < 1.29 is 9.53 Å². The highest BCUT2D eigenvalue weighted by Gasteiger charge is 2.29. The van der Waals surface area contributed by atoms with Gasteiger partial charge in [0.15, 0.2) is 0 Å². The summed E-state index contributed by atoms with van der Waals surface area (Å²) in [5.74, 6) is 3.37. The molecule has 2 N–H and O–H groups in total. The molecule has 0 unspecified atom stereocenters. The highest BCUT2D eigenvalue weighted by molar-refractivity contribution is 7.99. The number of thioether (sulfide) groups is 1. The smallest absolute Gasteiger partial charge is 0.272 e.